The van der Waals surface area contributed by atoms with Crippen LogP contribution in [0.15, 0.2) is 28.7 Å². The Morgan fingerprint density at radius 3 is 2.53 bits per heavy atom. The fourth-order valence-electron chi connectivity index (χ4n) is 1.96. The number of rotatable bonds is 3. The van der Waals surface area contributed by atoms with Crippen LogP contribution in [0.25, 0.3) is 11.1 Å². The van der Waals surface area contributed by atoms with Gasteiger partial charge in [0.2, 0.25) is 0 Å². The molecule has 0 aliphatic rings. The lowest BCUT2D eigenvalue weighted by Crippen LogP contribution is -2.07. The lowest BCUT2D eigenvalue weighted by atomic mass is 10.0. The molecule has 0 radical (unpaired) electrons. The minimum Gasteiger partial charge on any atom is -0.314 e. The van der Waals surface area contributed by atoms with Crippen molar-refractivity contribution in [3.05, 3.63) is 40.1 Å². The van der Waals surface area contributed by atoms with Gasteiger partial charge in [-0.25, -0.2) is 0 Å². The first-order chi connectivity index (χ1) is 8.13. The van der Waals surface area contributed by atoms with Crippen LogP contribution in [0.5, 0.6) is 0 Å². The lowest BCUT2D eigenvalue weighted by molar-refractivity contribution is 0.698. The molecule has 0 spiro atoms. The van der Waals surface area contributed by atoms with Crippen LogP contribution in [0.2, 0.25) is 0 Å². The summed E-state index contributed by atoms with van der Waals surface area (Å²) in [4.78, 5) is 0. The molecular weight excluding hydrogens is 278 g/mol. The summed E-state index contributed by atoms with van der Waals surface area (Å²) in [6.45, 7) is 2.89. The van der Waals surface area contributed by atoms with Crippen molar-refractivity contribution in [3.8, 4) is 11.1 Å². The second-order valence-corrected chi connectivity index (χ2v) is 4.98. The molecule has 0 amide bonds. The molecule has 2 aromatic rings. The van der Waals surface area contributed by atoms with Gasteiger partial charge in [0.05, 0.1) is 5.69 Å². The molecule has 0 fully saturated rings. The van der Waals surface area contributed by atoms with Crippen LogP contribution in [0.4, 0.5) is 0 Å². The second-order valence-electron chi connectivity index (χ2n) is 4.07. The highest BCUT2D eigenvalue weighted by Crippen LogP contribution is 2.28. The van der Waals surface area contributed by atoms with Crippen LogP contribution in [-0.2, 0) is 13.6 Å². The van der Waals surface area contributed by atoms with E-state index in [0.29, 0.717) is 0 Å². The van der Waals surface area contributed by atoms with Crippen molar-refractivity contribution in [2.24, 2.45) is 7.05 Å². The summed E-state index contributed by atoms with van der Waals surface area (Å²) in [5.41, 5.74) is 4.73. The van der Waals surface area contributed by atoms with Gasteiger partial charge in [0, 0.05) is 29.3 Å². The van der Waals surface area contributed by atoms with Gasteiger partial charge in [-0.05, 0) is 31.7 Å². The maximum Gasteiger partial charge on any atom is 0.0843 e. The zero-order valence-electron chi connectivity index (χ0n) is 10.3. The van der Waals surface area contributed by atoms with E-state index in [9.17, 15) is 0 Å². The van der Waals surface area contributed by atoms with Gasteiger partial charge in [0.25, 0.3) is 0 Å². The Kier molecular flexibility index (Phi) is 3.64. The molecule has 4 heteroatoms. The lowest BCUT2D eigenvalue weighted by Gasteiger charge is -2.04. The molecule has 0 aliphatic heterocycles. The van der Waals surface area contributed by atoms with Gasteiger partial charge in [-0.3, -0.25) is 4.68 Å². The number of benzene rings is 1. The molecule has 17 heavy (non-hydrogen) atoms. The van der Waals surface area contributed by atoms with Crippen molar-refractivity contribution in [3.63, 3.8) is 0 Å². The van der Waals surface area contributed by atoms with Gasteiger partial charge < -0.3 is 5.32 Å². The van der Waals surface area contributed by atoms with E-state index in [1.165, 1.54) is 16.8 Å². The van der Waals surface area contributed by atoms with Gasteiger partial charge in [-0.2, -0.15) is 5.10 Å². The SMILES string of the molecule is CNCc1nn(C)c(C)c1-c1ccc(Br)cc1. The van der Waals surface area contributed by atoms with E-state index in [2.05, 4.69) is 57.5 Å². The third-order valence-corrected chi connectivity index (χ3v) is 3.41. The van der Waals surface area contributed by atoms with E-state index >= 15 is 0 Å². The zero-order chi connectivity index (χ0) is 12.4. The summed E-state index contributed by atoms with van der Waals surface area (Å²) in [6.07, 6.45) is 0. The standard InChI is InChI=1S/C13H16BrN3/c1-9-13(10-4-6-11(14)7-5-10)12(8-15-2)16-17(9)3/h4-7,15H,8H2,1-3H3. The van der Waals surface area contributed by atoms with Crippen LogP contribution in [0.1, 0.15) is 11.4 Å². The number of aromatic nitrogens is 2. The Morgan fingerprint density at radius 1 is 1.29 bits per heavy atom. The highest BCUT2D eigenvalue weighted by Gasteiger charge is 2.13. The molecule has 0 aliphatic carbocycles. The molecule has 0 saturated heterocycles. The number of halogens is 1. The maximum absolute atomic E-state index is 4.54. The molecule has 90 valence electrons. The summed E-state index contributed by atoms with van der Waals surface area (Å²) < 4.78 is 3.03. The number of aryl methyl sites for hydroxylation is 1. The number of nitrogens with one attached hydrogen (secondary N) is 1. The van der Waals surface area contributed by atoms with Crippen molar-refractivity contribution in [2.45, 2.75) is 13.5 Å². The first kappa shape index (κ1) is 12.3. The first-order valence-electron chi connectivity index (χ1n) is 5.56. The summed E-state index contributed by atoms with van der Waals surface area (Å²) in [6, 6.07) is 8.36. The predicted molar refractivity (Wildman–Crippen MR) is 73.8 cm³/mol. The Hall–Kier alpha value is -1.13. The third-order valence-electron chi connectivity index (χ3n) is 2.88. The van der Waals surface area contributed by atoms with Crippen molar-refractivity contribution in [1.29, 1.82) is 0 Å². The van der Waals surface area contributed by atoms with Crippen molar-refractivity contribution in [2.75, 3.05) is 7.05 Å². The molecule has 1 aromatic heterocycles. The molecule has 1 aromatic carbocycles. The average molecular weight is 294 g/mol. The van der Waals surface area contributed by atoms with Crippen LogP contribution >= 0.6 is 15.9 Å². The number of nitrogens with zero attached hydrogens (tertiary/aromatic N) is 2. The second kappa shape index (κ2) is 5.02. The topological polar surface area (TPSA) is 29.9 Å². The van der Waals surface area contributed by atoms with Gasteiger partial charge >= 0.3 is 0 Å². The highest BCUT2D eigenvalue weighted by atomic mass is 79.9. The van der Waals surface area contributed by atoms with Crippen molar-refractivity contribution in [1.82, 2.24) is 15.1 Å². The molecular formula is C13H16BrN3. The molecule has 3 nitrogen and oxygen atoms in total. The first-order valence-corrected chi connectivity index (χ1v) is 6.35. The smallest absolute Gasteiger partial charge is 0.0843 e. The minimum atomic E-state index is 0.785. The Balaban J connectivity index is 2.53. The quantitative estimate of drug-likeness (QED) is 0.943. The van der Waals surface area contributed by atoms with Crippen LogP contribution in [0.3, 0.4) is 0 Å². The van der Waals surface area contributed by atoms with E-state index in [4.69, 9.17) is 0 Å². The fourth-order valence-corrected chi connectivity index (χ4v) is 2.22. The number of hydrogen-bond donors (Lipinski definition) is 1. The normalized spacial score (nSPS) is 10.8. The highest BCUT2D eigenvalue weighted by molar-refractivity contribution is 9.10. The number of hydrogen-bond acceptors (Lipinski definition) is 2. The van der Waals surface area contributed by atoms with Gasteiger partial charge in [0.15, 0.2) is 0 Å². The van der Waals surface area contributed by atoms with E-state index in [1.54, 1.807) is 0 Å². The van der Waals surface area contributed by atoms with Crippen molar-refractivity contribution < 1.29 is 0 Å². The predicted octanol–water partition coefficient (Wildman–Crippen LogP) is 2.88. The molecule has 0 bridgehead atoms. The van der Waals surface area contributed by atoms with E-state index in [-0.39, 0.29) is 0 Å². The van der Waals surface area contributed by atoms with Crippen LogP contribution < -0.4 is 5.32 Å². The van der Waals surface area contributed by atoms with Gasteiger partial charge in [0.1, 0.15) is 0 Å². The van der Waals surface area contributed by atoms with Crippen LogP contribution in [-0.4, -0.2) is 16.8 Å². The Bertz CT molecular complexity index is 514. The Labute approximate surface area is 110 Å². The van der Waals surface area contributed by atoms with Crippen LogP contribution in [0, 0.1) is 6.92 Å². The van der Waals surface area contributed by atoms with Gasteiger partial charge in [-0.15, -0.1) is 0 Å². The summed E-state index contributed by atoms with van der Waals surface area (Å²) in [5, 5.41) is 7.70. The monoisotopic (exact) mass is 293 g/mol. The molecule has 1 heterocycles. The molecule has 2 rings (SSSR count). The summed E-state index contributed by atoms with van der Waals surface area (Å²) in [7, 11) is 3.92. The fraction of sp³-hybridized carbons (Fsp3) is 0.308. The van der Waals surface area contributed by atoms with Gasteiger partial charge in [-0.1, -0.05) is 28.1 Å². The average Bonchev–Trinajstić information content (AvgIpc) is 2.57. The molecule has 1 N–H and O–H groups in total. The molecule has 0 saturated carbocycles. The van der Waals surface area contributed by atoms with E-state index < -0.39 is 0 Å². The van der Waals surface area contributed by atoms with E-state index in [1.807, 2.05) is 18.8 Å². The summed E-state index contributed by atoms with van der Waals surface area (Å²) in [5.74, 6) is 0. The minimum absolute atomic E-state index is 0.785. The maximum atomic E-state index is 4.54. The molecule has 0 atom stereocenters. The summed E-state index contributed by atoms with van der Waals surface area (Å²) >= 11 is 3.46. The molecule has 0 unspecified atom stereocenters. The third kappa shape index (κ3) is 2.42. The Morgan fingerprint density at radius 2 is 1.94 bits per heavy atom. The zero-order valence-corrected chi connectivity index (χ0v) is 11.9. The van der Waals surface area contributed by atoms with E-state index in [0.717, 1.165) is 16.7 Å². The largest absolute Gasteiger partial charge is 0.314 e. The van der Waals surface area contributed by atoms with Crippen molar-refractivity contribution >= 4 is 15.9 Å².